The smallest absolute Gasteiger partial charge is 0.355 e. The molecule has 14 nitrogen and oxygen atoms in total. The Bertz CT molecular complexity index is 3350. The van der Waals surface area contributed by atoms with Crippen LogP contribution < -0.4 is 19.9 Å². The molecule has 0 unspecified atom stereocenters. The van der Waals surface area contributed by atoms with E-state index in [-0.39, 0.29) is 23.7 Å². The average Bonchev–Trinajstić information content (AvgIpc) is 3.82. The number of anilines is 1. The SMILES string of the molecule is CC[n+]1ccc(SCC2=C(C(=O)OCc3ccc(OC)cc3)N3C(=O)[C@@H](NC(=O)C(=NO[C@@H](C)C(=O)OC(c4ccccc4)c4ccccc4)c4csc(NC(c5ccccc5)(c5ccccc5)c5ccccc5)n4)[C@H]3SC2)cc1. The van der Waals surface area contributed by atoms with E-state index in [0.717, 1.165) is 50.4 Å². The predicted octanol–water partition coefficient (Wildman–Crippen LogP) is 10.5. The summed E-state index contributed by atoms with van der Waals surface area (Å²) in [5.41, 5.74) is 4.75. The van der Waals surface area contributed by atoms with Crippen LogP contribution in [0.4, 0.5) is 5.13 Å². The van der Waals surface area contributed by atoms with Crippen LogP contribution in [-0.4, -0.2) is 75.5 Å². The number of aromatic nitrogens is 2. The molecule has 0 bridgehead atoms. The van der Waals surface area contributed by atoms with Gasteiger partial charge in [0.1, 0.15) is 47.2 Å². The molecule has 2 aliphatic rings. The monoisotopic (exact) mass is 1120 g/mol. The fourth-order valence-corrected chi connectivity index (χ4v) is 12.5. The number of carbonyl (C=O) groups is 4. The Kier molecular flexibility index (Phi) is 17.5. The molecule has 1 saturated heterocycles. The van der Waals surface area contributed by atoms with Crippen LogP contribution in [0.3, 0.4) is 0 Å². The van der Waals surface area contributed by atoms with E-state index in [0.29, 0.717) is 22.4 Å². The molecule has 2 amide bonds. The van der Waals surface area contributed by atoms with E-state index in [1.54, 1.807) is 48.5 Å². The standard InChI is InChI=1S/C63H56N6O8S3/c1-4-68-36-34-51(35-37-68)78-39-46-40-79-59-54(58(71)69(59)55(46)61(73)75-38-43-30-32-50(74-3)33-31-43)65-57(70)53(67-77-42(2)60(72)76-56(44-20-10-5-11-21-44)45-22-12-6-13-23-45)52-41-80-62(64-52)66-63(47-24-14-7-15-25-47,48-26-16-8-17-27-48)49-28-18-9-19-29-49/h5-37,41-42,54,56,59H,4,38-40H2,1-3H3,(H-,64,65,66,70)/p+1/t42-,54+,59+/m0/s1. The maximum atomic E-state index is 15.0. The highest BCUT2D eigenvalue weighted by Crippen LogP contribution is 2.43. The van der Waals surface area contributed by atoms with Crippen LogP contribution in [0.25, 0.3) is 0 Å². The maximum Gasteiger partial charge on any atom is 0.355 e. The summed E-state index contributed by atoms with van der Waals surface area (Å²) in [6.07, 6.45) is 1.92. The van der Waals surface area contributed by atoms with Crippen molar-refractivity contribution in [3.8, 4) is 5.75 Å². The molecule has 4 heterocycles. The van der Waals surface area contributed by atoms with Gasteiger partial charge < -0.3 is 29.7 Å². The first-order chi connectivity index (χ1) is 39.1. The lowest BCUT2D eigenvalue weighted by Gasteiger charge is -2.49. The largest absolute Gasteiger partial charge is 0.497 e. The van der Waals surface area contributed by atoms with Gasteiger partial charge in [-0.25, -0.2) is 19.1 Å². The van der Waals surface area contributed by atoms with Gasteiger partial charge in [-0.15, -0.1) is 34.9 Å². The van der Waals surface area contributed by atoms with E-state index in [2.05, 4.69) is 27.3 Å². The third-order valence-electron chi connectivity index (χ3n) is 13.6. The number of hydrogen-bond acceptors (Lipinski definition) is 14. The number of nitrogens with one attached hydrogen (secondary N) is 2. The molecule has 404 valence electrons. The first kappa shape index (κ1) is 54.8. The van der Waals surface area contributed by atoms with Gasteiger partial charge in [0.15, 0.2) is 29.3 Å². The molecule has 0 spiro atoms. The van der Waals surface area contributed by atoms with E-state index in [1.165, 1.54) is 34.9 Å². The van der Waals surface area contributed by atoms with Crippen molar-refractivity contribution in [1.29, 1.82) is 0 Å². The van der Waals surface area contributed by atoms with Gasteiger partial charge in [0.25, 0.3) is 11.8 Å². The molecule has 0 saturated carbocycles. The molecule has 6 aromatic carbocycles. The number of hydrogen-bond donors (Lipinski definition) is 2. The van der Waals surface area contributed by atoms with Crippen LogP contribution in [0.1, 0.15) is 59.0 Å². The molecule has 2 aromatic heterocycles. The topological polar surface area (TPSA) is 162 Å². The lowest BCUT2D eigenvalue weighted by molar-refractivity contribution is -0.693. The van der Waals surface area contributed by atoms with Crippen molar-refractivity contribution in [3.63, 3.8) is 0 Å². The number of fused-ring (bicyclic) bond motifs is 1. The number of pyridine rings is 1. The summed E-state index contributed by atoms with van der Waals surface area (Å²) in [6.45, 7) is 4.34. The van der Waals surface area contributed by atoms with E-state index in [4.69, 9.17) is 24.0 Å². The maximum absolute atomic E-state index is 15.0. The van der Waals surface area contributed by atoms with Crippen molar-refractivity contribution in [2.45, 2.75) is 61.1 Å². The van der Waals surface area contributed by atoms with Gasteiger partial charge in [-0.1, -0.05) is 169 Å². The number of oxime groups is 1. The molecule has 10 rings (SSSR count). The first-order valence-corrected chi connectivity index (χ1v) is 28.9. The minimum atomic E-state index is -1.31. The van der Waals surface area contributed by atoms with E-state index < -0.39 is 52.9 Å². The lowest BCUT2D eigenvalue weighted by atomic mass is 9.77. The molecule has 2 aliphatic heterocycles. The van der Waals surface area contributed by atoms with Crippen molar-refractivity contribution in [2.24, 2.45) is 5.16 Å². The van der Waals surface area contributed by atoms with Crippen LogP contribution in [-0.2, 0) is 52.2 Å². The summed E-state index contributed by atoms with van der Waals surface area (Å²) in [5.74, 6) is -1.25. The van der Waals surface area contributed by atoms with E-state index in [9.17, 15) is 19.2 Å². The molecule has 2 N–H and O–H groups in total. The van der Waals surface area contributed by atoms with Crippen LogP contribution in [0, 0.1) is 0 Å². The Morgan fingerprint density at radius 1 is 0.787 bits per heavy atom. The molecule has 8 aromatic rings. The summed E-state index contributed by atoms with van der Waals surface area (Å²) in [6, 6.07) is 58.9. The number of aryl methyl sites for hydroxylation is 1. The van der Waals surface area contributed by atoms with Crippen molar-refractivity contribution in [1.82, 2.24) is 15.2 Å². The minimum Gasteiger partial charge on any atom is -0.497 e. The first-order valence-electron chi connectivity index (χ1n) is 26.0. The van der Waals surface area contributed by atoms with Gasteiger partial charge in [0, 0.05) is 33.9 Å². The molecular formula is C63H57N6O8S3+. The number of amides is 2. The Morgan fingerprint density at radius 2 is 1.35 bits per heavy atom. The molecule has 3 atom stereocenters. The number of rotatable bonds is 22. The second-order valence-electron chi connectivity index (χ2n) is 18.7. The zero-order valence-corrected chi connectivity index (χ0v) is 46.5. The number of thiazole rings is 1. The minimum absolute atomic E-state index is 0.0406. The normalized spacial score (nSPS) is 15.5. The third-order valence-corrected chi connectivity index (χ3v) is 16.8. The second-order valence-corrected chi connectivity index (χ2v) is 21.7. The van der Waals surface area contributed by atoms with Gasteiger partial charge >= 0.3 is 11.9 Å². The summed E-state index contributed by atoms with van der Waals surface area (Å²) in [7, 11) is 1.58. The predicted molar refractivity (Wildman–Crippen MR) is 311 cm³/mol. The van der Waals surface area contributed by atoms with Gasteiger partial charge in [-0.3, -0.25) is 14.5 Å². The summed E-state index contributed by atoms with van der Waals surface area (Å²) < 4.78 is 19.4. The molecular weight excluding hydrogens is 1060 g/mol. The lowest BCUT2D eigenvalue weighted by Crippen LogP contribution is -2.71. The number of ether oxygens (including phenoxy) is 3. The molecule has 0 aliphatic carbocycles. The number of carbonyl (C=O) groups excluding carboxylic acids is 4. The number of methoxy groups -OCH3 is 1. The van der Waals surface area contributed by atoms with Crippen LogP contribution in [0.2, 0.25) is 0 Å². The van der Waals surface area contributed by atoms with Crippen molar-refractivity contribution in [3.05, 3.63) is 256 Å². The quantitative estimate of drug-likeness (QED) is 0.0126. The zero-order chi connectivity index (χ0) is 55.4. The Morgan fingerprint density at radius 3 is 1.90 bits per heavy atom. The Balaban J connectivity index is 0.953. The van der Waals surface area contributed by atoms with Crippen molar-refractivity contribution >= 4 is 69.5 Å². The molecule has 17 heteroatoms. The fourth-order valence-electron chi connectivity index (χ4n) is 9.41. The van der Waals surface area contributed by atoms with E-state index in [1.807, 2.05) is 176 Å². The average molecular weight is 1120 g/mol. The highest BCUT2D eigenvalue weighted by molar-refractivity contribution is 8.01. The summed E-state index contributed by atoms with van der Waals surface area (Å²) in [5, 5.41) is 12.5. The molecule has 80 heavy (non-hydrogen) atoms. The van der Waals surface area contributed by atoms with Crippen molar-refractivity contribution < 1.29 is 42.8 Å². The number of β-lactam (4-membered cyclic amide) rings is 1. The number of thioether (sulfide) groups is 2. The van der Waals surface area contributed by atoms with Gasteiger partial charge in [-0.2, -0.15) is 0 Å². The fraction of sp³-hybridized carbons (Fsp3) is 0.190. The van der Waals surface area contributed by atoms with Crippen LogP contribution in [0.15, 0.2) is 227 Å². The Labute approximate surface area is 476 Å². The highest BCUT2D eigenvalue weighted by atomic mass is 32.2. The number of esters is 2. The summed E-state index contributed by atoms with van der Waals surface area (Å²) in [4.78, 5) is 71.1. The molecule has 0 radical (unpaired) electrons. The third kappa shape index (κ3) is 12.2. The van der Waals surface area contributed by atoms with Gasteiger partial charge in [0.2, 0.25) is 6.10 Å². The van der Waals surface area contributed by atoms with Crippen LogP contribution >= 0.6 is 34.9 Å². The molecule has 1 fully saturated rings. The number of nitrogens with zero attached hydrogens (tertiary/aromatic N) is 4. The summed E-state index contributed by atoms with van der Waals surface area (Å²) >= 11 is 4.22. The Hall–Kier alpha value is -8.51. The van der Waals surface area contributed by atoms with Crippen molar-refractivity contribution in [2.75, 3.05) is 23.9 Å². The number of benzene rings is 6. The van der Waals surface area contributed by atoms with Gasteiger partial charge in [0.05, 0.1) is 7.11 Å². The highest BCUT2D eigenvalue weighted by Gasteiger charge is 2.55. The zero-order valence-electron chi connectivity index (χ0n) is 44.0. The van der Waals surface area contributed by atoms with Gasteiger partial charge in [-0.05, 0) is 64.9 Å². The second kappa shape index (κ2) is 25.5. The van der Waals surface area contributed by atoms with E-state index >= 15 is 0 Å². The van der Waals surface area contributed by atoms with Crippen LogP contribution in [0.5, 0.6) is 5.75 Å².